The fourth-order valence-corrected chi connectivity index (χ4v) is 8.42. The van der Waals surface area contributed by atoms with E-state index in [1.54, 1.807) is 0 Å². The van der Waals surface area contributed by atoms with Crippen molar-refractivity contribution in [3.05, 3.63) is 170 Å². The van der Waals surface area contributed by atoms with Crippen molar-refractivity contribution in [1.29, 1.82) is 0 Å². The van der Waals surface area contributed by atoms with Crippen LogP contribution in [0.3, 0.4) is 0 Å². The molecule has 0 radical (unpaired) electrons. The van der Waals surface area contributed by atoms with Gasteiger partial charge in [-0.2, -0.15) is 0 Å². The predicted molar refractivity (Wildman–Crippen MR) is 209 cm³/mol. The predicted octanol–water partition coefficient (Wildman–Crippen LogP) is 12.0. The molecule has 0 atom stereocenters. The Balaban J connectivity index is 1.30. The summed E-state index contributed by atoms with van der Waals surface area (Å²) < 4.78 is 4.90. The minimum atomic E-state index is 0.709. The topological polar surface area (TPSA) is 43.6 Å². The van der Waals surface area contributed by atoms with E-state index in [1.165, 1.54) is 31.1 Å². The molecule has 4 aromatic heterocycles. The number of nitrogens with zero attached hydrogens (tertiary/aromatic N) is 4. The van der Waals surface area contributed by atoms with Gasteiger partial charge < -0.3 is 4.57 Å². The third-order valence-corrected chi connectivity index (χ3v) is 10.6. The van der Waals surface area contributed by atoms with E-state index in [4.69, 9.17) is 15.0 Å². The number of hydrogen-bond acceptors (Lipinski definition) is 4. The normalized spacial score (nSPS) is 11.6. The zero-order valence-electron chi connectivity index (χ0n) is 26.9. The Kier molecular flexibility index (Phi) is 6.64. The molecule has 0 aliphatic carbocycles. The van der Waals surface area contributed by atoms with Crippen LogP contribution in [0.15, 0.2) is 170 Å². The number of thiophene rings is 1. The molecule has 10 rings (SSSR count). The Morgan fingerprint density at radius 1 is 0.440 bits per heavy atom. The van der Waals surface area contributed by atoms with Crippen molar-refractivity contribution >= 4 is 53.4 Å². The first-order valence-electron chi connectivity index (χ1n) is 16.7. The average molecular weight is 657 g/mol. The Morgan fingerprint density at radius 3 is 1.76 bits per heavy atom. The number of benzene rings is 6. The van der Waals surface area contributed by atoms with Crippen LogP contribution in [0.1, 0.15) is 0 Å². The summed E-state index contributed by atoms with van der Waals surface area (Å²) in [4.78, 5) is 15.5. The van der Waals surface area contributed by atoms with Crippen molar-refractivity contribution in [2.75, 3.05) is 0 Å². The summed E-state index contributed by atoms with van der Waals surface area (Å²) in [6, 6.07) is 59.2. The largest absolute Gasteiger partial charge is 0.308 e. The molecule has 10 aromatic rings. The molecule has 0 amide bonds. The van der Waals surface area contributed by atoms with E-state index in [0.717, 1.165) is 56.1 Å². The lowest BCUT2D eigenvalue weighted by Gasteiger charge is -2.12. The van der Waals surface area contributed by atoms with Crippen LogP contribution in [0, 0.1) is 0 Å². The number of para-hydroxylation sites is 2. The molecule has 4 heterocycles. The van der Waals surface area contributed by atoms with Crippen molar-refractivity contribution in [3.8, 4) is 50.8 Å². The van der Waals surface area contributed by atoms with Gasteiger partial charge in [-0.15, -0.1) is 11.3 Å². The van der Waals surface area contributed by atoms with Crippen molar-refractivity contribution in [3.63, 3.8) is 0 Å². The standard InChI is InChI=1S/C45H28N4S/c1-5-15-29(16-6-1)37-28-38(48-45(47-37)31-19-9-3-10-20-31)32-25-26-39-35(27-32)44-42(49(39)33-21-11-4-12-22-33)40-41(30-17-7-2-8-18-30)46-36-24-14-13-23-34(36)43(40)50-44/h1-28H. The van der Waals surface area contributed by atoms with Crippen molar-refractivity contribution in [1.82, 2.24) is 19.5 Å². The maximum Gasteiger partial charge on any atom is 0.160 e. The fraction of sp³-hybridized carbons (Fsp3) is 0. The zero-order valence-corrected chi connectivity index (χ0v) is 27.7. The van der Waals surface area contributed by atoms with E-state index >= 15 is 0 Å². The summed E-state index contributed by atoms with van der Waals surface area (Å²) in [6.07, 6.45) is 0. The molecule has 234 valence electrons. The lowest BCUT2D eigenvalue weighted by molar-refractivity contribution is 1.18. The Morgan fingerprint density at radius 2 is 1.04 bits per heavy atom. The quantitative estimate of drug-likeness (QED) is 0.185. The van der Waals surface area contributed by atoms with E-state index in [-0.39, 0.29) is 0 Å². The summed E-state index contributed by atoms with van der Waals surface area (Å²) in [5.41, 5.74) is 11.4. The van der Waals surface area contributed by atoms with Gasteiger partial charge in [0, 0.05) is 48.8 Å². The van der Waals surface area contributed by atoms with Gasteiger partial charge in [0.05, 0.1) is 38.3 Å². The lowest BCUT2D eigenvalue weighted by atomic mass is 10.0. The highest BCUT2D eigenvalue weighted by molar-refractivity contribution is 7.27. The SMILES string of the molecule is c1ccc(-c2cc(-c3ccc4c(c3)c3sc5c6ccccc6nc(-c6ccccc6)c5c3n4-c3ccccc3)nc(-c3ccccc3)n2)cc1. The van der Waals surface area contributed by atoms with Gasteiger partial charge in [-0.1, -0.05) is 133 Å². The Hall–Kier alpha value is -6.43. The highest BCUT2D eigenvalue weighted by Gasteiger charge is 2.23. The number of aromatic nitrogens is 4. The Bertz CT molecular complexity index is 2780. The number of hydrogen-bond donors (Lipinski definition) is 0. The summed E-state index contributed by atoms with van der Waals surface area (Å²) in [5, 5.41) is 3.53. The molecular formula is C45H28N4S. The van der Waals surface area contributed by atoms with E-state index in [1.807, 2.05) is 35.6 Å². The molecule has 50 heavy (non-hydrogen) atoms. The van der Waals surface area contributed by atoms with Gasteiger partial charge in [0.1, 0.15) is 0 Å². The molecule has 5 heteroatoms. The second-order valence-electron chi connectivity index (χ2n) is 12.4. The van der Waals surface area contributed by atoms with Gasteiger partial charge in [0.2, 0.25) is 0 Å². The maximum atomic E-state index is 5.32. The van der Waals surface area contributed by atoms with E-state index < -0.39 is 0 Å². The van der Waals surface area contributed by atoms with Crippen molar-refractivity contribution < 1.29 is 0 Å². The molecule has 0 bridgehead atoms. The van der Waals surface area contributed by atoms with E-state index in [9.17, 15) is 0 Å². The molecule has 0 saturated carbocycles. The first kappa shape index (κ1) is 28.6. The van der Waals surface area contributed by atoms with Crippen LogP contribution in [-0.2, 0) is 0 Å². The molecule has 0 saturated heterocycles. The third kappa shape index (κ3) is 4.63. The summed E-state index contributed by atoms with van der Waals surface area (Å²) in [7, 11) is 0. The molecule has 0 spiro atoms. The molecule has 0 aliphatic heterocycles. The van der Waals surface area contributed by atoms with Crippen LogP contribution in [0.2, 0.25) is 0 Å². The molecule has 0 fully saturated rings. The zero-order chi connectivity index (χ0) is 33.0. The van der Waals surface area contributed by atoms with Gasteiger partial charge in [0.25, 0.3) is 0 Å². The minimum absolute atomic E-state index is 0.709. The van der Waals surface area contributed by atoms with Crippen LogP contribution in [0.4, 0.5) is 0 Å². The summed E-state index contributed by atoms with van der Waals surface area (Å²) in [6.45, 7) is 0. The van der Waals surface area contributed by atoms with Crippen LogP contribution >= 0.6 is 11.3 Å². The average Bonchev–Trinajstić information content (AvgIpc) is 3.74. The second-order valence-corrected chi connectivity index (χ2v) is 13.4. The van der Waals surface area contributed by atoms with Gasteiger partial charge >= 0.3 is 0 Å². The van der Waals surface area contributed by atoms with Crippen molar-refractivity contribution in [2.24, 2.45) is 0 Å². The molecule has 0 unspecified atom stereocenters. The van der Waals surface area contributed by atoms with Crippen LogP contribution < -0.4 is 0 Å². The number of rotatable bonds is 5. The Labute approximate surface area is 292 Å². The second kappa shape index (κ2) is 11.6. The number of fused-ring (bicyclic) bond motifs is 7. The summed E-state index contributed by atoms with van der Waals surface area (Å²) >= 11 is 1.86. The first-order chi connectivity index (χ1) is 24.8. The highest BCUT2D eigenvalue weighted by atomic mass is 32.1. The molecule has 6 aromatic carbocycles. The molecule has 0 N–H and O–H groups in total. The van der Waals surface area contributed by atoms with Crippen LogP contribution in [0.25, 0.3) is 93.0 Å². The molecule has 0 aliphatic rings. The number of pyridine rings is 1. The van der Waals surface area contributed by atoms with Gasteiger partial charge in [0.15, 0.2) is 5.82 Å². The lowest BCUT2D eigenvalue weighted by Crippen LogP contribution is -1.96. The monoisotopic (exact) mass is 656 g/mol. The van der Waals surface area contributed by atoms with E-state index in [2.05, 4.69) is 150 Å². The van der Waals surface area contributed by atoms with Gasteiger partial charge in [-0.3, -0.25) is 0 Å². The molecule has 4 nitrogen and oxygen atoms in total. The smallest absolute Gasteiger partial charge is 0.160 e. The minimum Gasteiger partial charge on any atom is -0.308 e. The van der Waals surface area contributed by atoms with Crippen molar-refractivity contribution in [2.45, 2.75) is 0 Å². The van der Waals surface area contributed by atoms with Crippen LogP contribution in [-0.4, -0.2) is 19.5 Å². The first-order valence-corrected chi connectivity index (χ1v) is 17.5. The highest BCUT2D eigenvalue weighted by Crippen LogP contribution is 2.48. The van der Waals surface area contributed by atoms with Crippen LogP contribution in [0.5, 0.6) is 0 Å². The van der Waals surface area contributed by atoms with Gasteiger partial charge in [-0.05, 0) is 36.4 Å². The fourth-order valence-electron chi connectivity index (χ4n) is 7.08. The summed E-state index contributed by atoms with van der Waals surface area (Å²) in [5.74, 6) is 0.709. The van der Waals surface area contributed by atoms with E-state index in [0.29, 0.717) is 5.82 Å². The molecular weight excluding hydrogens is 629 g/mol. The third-order valence-electron chi connectivity index (χ3n) is 9.39. The maximum absolute atomic E-state index is 5.32. The van der Waals surface area contributed by atoms with Gasteiger partial charge in [-0.25, -0.2) is 15.0 Å².